The summed E-state index contributed by atoms with van der Waals surface area (Å²) in [5.74, 6) is 0.655. The SMILES string of the molecule is O=CC[C@@H]1CC[C@@H]2OC(=O)C[C@H]12. The summed E-state index contributed by atoms with van der Waals surface area (Å²) >= 11 is 0. The number of carbonyl (C=O) groups is 2. The van der Waals surface area contributed by atoms with Crippen LogP contribution >= 0.6 is 0 Å². The molecule has 0 unspecified atom stereocenters. The quantitative estimate of drug-likeness (QED) is 0.455. The van der Waals surface area contributed by atoms with Gasteiger partial charge in [-0.1, -0.05) is 0 Å². The van der Waals surface area contributed by atoms with Crippen LogP contribution in [-0.4, -0.2) is 18.4 Å². The monoisotopic (exact) mass is 168 g/mol. The van der Waals surface area contributed by atoms with Gasteiger partial charge in [0.25, 0.3) is 0 Å². The molecule has 3 heteroatoms. The van der Waals surface area contributed by atoms with Crippen LogP contribution in [0.4, 0.5) is 0 Å². The smallest absolute Gasteiger partial charge is 0.306 e. The van der Waals surface area contributed by atoms with Gasteiger partial charge in [-0.3, -0.25) is 4.79 Å². The molecule has 1 saturated carbocycles. The number of rotatable bonds is 2. The molecule has 0 spiro atoms. The van der Waals surface area contributed by atoms with Gasteiger partial charge in [0.2, 0.25) is 0 Å². The number of carbonyl (C=O) groups excluding carboxylic acids is 2. The lowest BCUT2D eigenvalue weighted by molar-refractivity contribution is -0.141. The van der Waals surface area contributed by atoms with E-state index >= 15 is 0 Å². The molecule has 1 saturated heterocycles. The number of hydrogen-bond donors (Lipinski definition) is 0. The molecule has 2 aliphatic rings. The second-order valence-corrected chi connectivity index (χ2v) is 3.64. The second kappa shape index (κ2) is 2.88. The van der Waals surface area contributed by atoms with Gasteiger partial charge in [-0.25, -0.2) is 0 Å². The van der Waals surface area contributed by atoms with E-state index in [2.05, 4.69) is 0 Å². The lowest BCUT2D eigenvalue weighted by atomic mass is 9.91. The van der Waals surface area contributed by atoms with E-state index < -0.39 is 0 Å². The Balaban J connectivity index is 2.02. The Morgan fingerprint density at radius 1 is 1.50 bits per heavy atom. The maximum Gasteiger partial charge on any atom is 0.306 e. The molecule has 1 aliphatic heterocycles. The lowest BCUT2D eigenvalue weighted by Gasteiger charge is -2.11. The summed E-state index contributed by atoms with van der Waals surface area (Å²) < 4.78 is 5.11. The average molecular weight is 168 g/mol. The molecule has 66 valence electrons. The second-order valence-electron chi connectivity index (χ2n) is 3.64. The fourth-order valence-corrected chi connectivity index (χ4v) is 2.38. The average Bonchev–Trinajstić information content (AvgIpc) is 2.52. The maximum atomic E-state index is 10.9. The predicted octanol–water partition coefficient (Wildman–Crippen LogP) is 0.917. The van der Waals surface area contributed by atoms with Gasteiger partial charge in [0.05, 0.1) is 6.42 Å². The number of hydrogen-bond acceptors (Lipinski definition) is 3. The minimum Gasteiger partial charge on any atom is -0.462 e. The van der Waals surface area contributed by atoms with Gasteiger partial charge in [0.15, 0.2) is 0 Å². The highest BCUT2D eigenvalue weighted by atomic mass is 16.5. The molecule has 0 N–H and O–H groups in total. The van der Waals surface area contributed by atoms with Crippen molar-refractivity contribution in [2.75, 3.05) is 0 Å². The highest BCUT2D eigenvalue weighted by molar-refractivity contribution is 5.72. The van der Waals surface area contributed by atoms with Crippen molar-refractivity contribution in [3.05, 3.63) is 0 Å². The predicted molar refractivity (Wildman–Crippen MR) is 41.4 cm³/mol. The van der Waals surface area contributed by atoms with Gasteiger partial charge in [-0.2, -0.15) is 0 Å². The molecule has 0 aromatic heterocycles. The third-order valence-electron chi connectivity index (χ3n) is 2.99. The van der Waals surface area contributed by atoms with Crippen LogP contribution < -0.4 is 0 Å². The zero-order valence-corrected chi connectivity index (χ0v) is 6.86. The van der Waals surface area contributed by atoms with Crippen LogP contribution in [0.3, 0.4) is 0 Å². The molecule has 0 bridgehead atoms. The summed E-state index contributed by atoms with van der Waals surface area (Å²) in [6, 6.07) is 0. The van der Waals surface area contributed by atoms with Crippen molar-refractivity contribution in [1.82, 2.24) is 0 Å². The fraction of sp³-hybridized carbons (Fsp3) is 0.778. The number of fused-ring (bicyclic) bond motifs is 1. The zero-order valence-electron chi connectivity index (χ0n) is 6.86. The van der Waals surface area contributed by atoms with Gasteiger partial charge in [0.1, 0.15) is 12.4 Å². The first-order valence-corrected chi connectivity index (χ1v) is 4.44. The van der Waals surface area contributed by atoms with Crippen molar-refractivity contribution in [2.24, 2.45) is 11.8 Å². The van der Waals surface area contributed by atoms with Gasteiger partial charge in [0, 0.05) is 12.3 Å². The van der Waals surface area contributed by atoms with Crippen molar-refractivity contribution in [3.8, 4) is 0 Å². The van der Waals surface area contributed by atoms with E-state index in [1.54, 1.807) is 0 Å². The molecular weight excluding hydrogens is 156 g/mol. The Morgan fingerprint density at radius 3 is 3.08 bits per heavy atom. The number of ether oxygens (including phenoxy) is 1. The Bertz CT molecular complexity index is 212. The maximum absolute atomic E-state index is 10.9. The van der Waals surface area contributed by atoms with E-state index in [0.29, 0.717) is 24.7 Å². The van der Waals surface area contributed by atoms with E-state index in [-0.39, 0.29) is 12.1 Å². The van der Waals surface area contributed by atoms with Crippen LogP contribution in [-0.2, 0) is 14.3 Å². The summed E-state index contributed by atoms with van der Waals surface area (Å²) in [6.07, 6.45) is 4.20. The van der Waals surface area contributed by atoms with Crippen molar-refractivity contribution in [2.45, 2.75) is 31.8 Å². The van der Waals surface area contributed by atoms with Gasteiger partial charge in [-0.15, -0.1) is 0 Å². The normalized spacial score (nSPS) is 39.3. The van der Waals surface area contributed by atoms with Crippen LogP contribution in [0.5, 0.6) is 0 Å². The molecule has 0 aromatic rings. The summed E-state index contributed by atoms with van der Waals surface area (Å²) in [5, 5.41) is 0. The minimum atomic E-state index is -0.0828. The van der Waals surface area contributed by atoms with E-state index in [1.807, 2.05) is 0 Å². The molecule has 0 aromatic carbocycles. The Hall–Kier alpha value is -0.860. The van der Waals surface area contributed by atoms with E-state index in [1.165, 1.54) is 0 Å². The van der Waals surface area contributed by atoms with E-state index in [4.69, 9.17) is 4.74 Å². The van der Waals surface area contributed by atoms with Crippen LogP contribution in [0, 0.1) is 11.8 Å². The Kier molecular flexibility index (Phi) is 1.87. The third-order valence-corrected chi connectivity index (χ3v) is 2.99. The molecule has 1 heterocycles. The molecule has 12 heavy (non-hydrogen) atoms. The minimum absolute atomic E-state index is 0.0828. The Morgan fingerprint density at radius 2 is 2.33 bits per heavy atom. The molecule has 3 nitrogen and oxygen atoms in total. The standard InChI is InChI=1S/C9H12O3/c10-4-3-6-1-2-8-7(6)5-9(11)12-8/h4,6-8H,1-3,5H2/t6-,7+,8-/m0/s1. The molecule has 2 fully saturated rings. The first-order chi connectivity index (χ1) is 5.81. The third kappa shape index (κ3) is 1.13. The van der Waals surface area contributed by atoms with Gasteiger partial charge < -0.3 is 9.53 Å². The highest BCUT2D eigenvalue weighted by Gasteiger charge is 2.44. The Labute approximate surface area is 71.1 Å². The summed E-state index contributed by atoms with van der Waals surface area (Å²) in [5.41, 5.74) is 0. The first kappa shape index (κ1) is 7.77. The van der Waals surface area contributed by atoms with Crippen molar-refractivity contribution >= 4 is 12.3 Å². The lowest BCUT2D eigenvalue weighted by Crippen LogP contribution is -2.13. The van der Waals surface area contributed by atoms with Gasteiger partial charge >= 0.3 is 5.97 Å². The van der Waals surface area contributed by atoms with Crippen LogP contribution in [0.25, 0.3) is 0 Å². The molecule has 0 radical (unpaired) electrons. The summed E-state index contributed by atoms with van der Waals surface area (Å²) in [4.78, 5) is 21.2. The van der Waals surface area contributed by atoms with E-state index in [0.717, 1.165) is 19.1 Å². The van der Waals surface area contributed by atoms with Gasteiger partial charge in [-0.05, 0) is 18.8 Å². The van der Waals surface area contributed by atoms with Crippen molar-refractivity contribution < 1.29 is 14.3 Å². The van der Waals surface area contributed by atoms with Crippen LogP contribution in [0.2, 0.25) is 0 Å². The highest BCUT2D eigenvalue weighted by Crippen LogP contribution is 2.42. The molecular formula is C9H12O3. The molecule has 0 amide bonds. The molecule has 1 aliphatic carbocycles. The van der Waals surface area contributed by atoms with Crippen LogP contribution in [0.1, 0.15) is 25.7 Å². The van der Waals surface area contributed by atoms with Crippen molar-refractivity contribution in [1.29, 1.82) is 0 Å². The van der Waals surface area contributed by atoms with Crippen molar-refractivity contribution in [3.63, 3.8) is 0 Å². The topological polar surface area (TPSA) is 43.4 Å². The number of esters is 1. The molecule has 2 rings (SSSR count). The van der Waals surface area contributed by atoms with E-state index in [9.17, 15) is 9.59 Å². The largest absolute Gasteiger partial charge is 0.462 e. The summed E-state index contributed by atoms with van der Waals surface area (Å²) in [6.45, 7) is 0. The molecule has 3 atom stereocenters. The zero-order chi connectivity index (χ0) is 8.55. The summed E-state index contributed by atoms with van der Waals surface area (Å²) in [7, 11) is 0. The van der Waals surface area contributed by atoms with Crippen LogP contribution in [0.15, 0.2) is 0 Å². The first-order valence-electron chi connectivity index (χ1n) is 4.44. The fourth-order valence-electron chi connectivity index (χ4n) is 2.38. The number of aldehydes is 1.